The summed E-state index contributed by atoms with van der Waals surface area (Å²) in [5.74, 6) is 0. The molecule has 1 saturated heterocycles. The third kappa shape index (κ3) is 5.11. The predicted molar refractivity (Wildman–Crippen MR) is 98.7 cm³/mol. The van der Waals surface area contributed by atoms with Gasteiger partial charge in [-0.25, -0.2) is 4.79 Å². The molecule has 0 aromatic heterocycles. The minimum Gasteiger partial charge on any atom is -0.395 e. The fourth-order valence-electron chi connectivity index (χ4n) is 2.88. The number of benzene rings is 1. The van der Waals surface area contributed by atoms with Crippen LogP contribution in [0.15, 0.2) is 24.3 Å². The molecular formula is C18H30N4O2. The van der Waals surface area contributed by atoms with Crippen LogP contribution in [-0.4, -0.2) is 73.9 Å². The van der Waals surface area contributed by atoms with Crippen molar-refractivity contribution in [2.45, 2.75) is 19.8 Å². The second kappa shape index (κ2) is 9.49. The van der Waals surface area contributed by atoms with E-state index in [9.17, 15) is 9.90 Å². The van der Waals surface area contributed by atoms with E-state index in [4.69, 9.17) is 0 Å². The summed E-state index contributed by atoms with van der Waals surface area (Å²) >= 11 is 0. The van der Waals surface area contributed by atoms with Crippen LogP contribution in [0.1, 0.15) is 19.8 Å². The first-order valence-corrected chi connectivity index (χ1v) is 8.85. The Bertz CT molecular complexity index is 515. The molecule has 1 aromatic carbocycles. The lowest BCUT2D eigenvalue weighted by Crippen LogP contribution is -2.45. The highest BCUT2D eigenvalue weighted by Crippen LogP contribution is 2.26. The minimum atomic E-state index is -0.140. The number of carbonyl (C=O) groups is 1. The van der Waals surface area contributed by atoms with Crippen LogP contribution < -0.4 is 10.2 Å². The fraction of sp³-hybridized carbons (Fsp3) is 0.611. The van der Waals surface area contributed by atoms with E-state index < -0.39 is 0 Å². The molecule has 0 unspecified atom stereocenters. The topological polar surface area (TPSA) is 59.1 Å². The largest absolute Gasteiger partial charge is 0.395 e. The maximum Gasteiger partial charge on any atom is 0.321 e. The molecule has 0 spiro atoms. The molecule has 6 nitrogen and oxygen atoms in total. The summed E-state index contributed by atoms with van der Waals surface area (Å²) in [4.78, 5) is 18.9. The molecule has 2 N–H and O–H groups in total. The standard InChI is InChI=1S/C18H30N4O2/c1-3-4-9-22(14-15-23)18(24)19-16-7-5-6-8-17(16)21-12-10-20(2)11-13-21/h5-8,23H,3-4,9-15H2,1-2H3,(H,19,24). The summed E-state index contributed by atoms with van der Waals surface area (Å²) in [6, 6.07) is 7.81. The molecule has 0 bridgehead atoms. The molecule has 0 radical (unpaired) electrons. The van der Waals surface area contributed by atoms with E-state index >= 15 is 0 Å². The first kappa shape index (κ1) is 18.5. The second-order valence-corrected chi connectivity index (χ2v) is 6.30. The van der Waals surface area contributed by atoms with E-state index in [2.05, 4.69) is 35.2 Å². The van der Waals surface area contributed by atoms with Gasteiger partial charge in [-0.3, -0.25) is 0 Å². The highest BCUT2D eigenvalue weighted by molar-refractivity contribution is 5.93. The van der Waals surface area contributed by atoms with E-state index in [1.165, 1.54) is 0 Å². The molecule has 1 fully saturated rings. The van der Waals surface area contributed by atoms with E-state index in [1.807, 2.05) is 18.2 Å². The van der Waals surface area contributed by atoms with Gasteiger partial charge in [-0.1, -0.05) is 25.5 Å². The van der Waals surface area contributed by atoms with Crippen molar-refractivity contribution >= 4 is 17.4 Å². The number of anilines is 2. The number of hydrogen-bond donors (Lipinski definition) is 2. The Balaban J connectivity index is 2.06. The van der Waals surface area contributed by atoms with Crippen LogP contribution in [0.5, 0.6) is 0 Å². The van der Waals surface area contributed by atoms with Crippen LogP contribution in [0, 0.1) is 0 Å². The number of aliphatic hydroxyl groups excluding tert-OH is 1. The van der Waals surface area contributed by atoms with Crippen molar-refractivity contribution in [2.75, 3.05) is 63.1 Å². The molecule has 2 amide bonds. The number of hydrogen-bond acceptors (Lipinski definition) is 4. The summed E-state index contributed by atoms with van der Waals surface area (Å²) < 4.78 is 0. The molecule has 2 rings (SSSR count). The Kier molecular flexibility index (Phi) is 7.34. The van der Waals surface area contributed by atoms with Gasteiger partial charge in [0.05, 0.1) is 18.0 Å². The normalized spacial score (nSPS) is 15.4. The molecule has 0 atom stereocenters. The molecule has 1 aromatic rings. The summed E-state index contributed by atoms with van der Waals surface area (Å²) in [7, 11) is 2.13. The fourth-order valence-corrected chi connectivity index (χ4v) is 2.88. The number of piperazine rings is 1. The molecule has 6 heteroatoms. The minimum absolute atomic E-state index is 0.0166. The number of amides is 2. The number of carbonyl (C=O) groups excluding carboxylic acids is 1. The van der Waals surface area contributed by atoms with Crippen molar-refractivity contribution in [3.8, 4) is 0 Å². The zero-order valence-electron chi connectivity index (χ0n) is 14.9. The Morgan fingerprint density at radius 3 is 2.58 bits per heavy atom. The van der Waals surface area contributed by atoms with E-state index in [0.29, 0.717) is 13.1 Å². The summed E-state index contributed by atoms with van der Waals surface area (Å²) in [5.41, 5.74) is 1.91. The van der Waals surface area contributed by atoms with Crippen molar-refractivity contribution in [2.24, 2.45) is 0 Å². The maximum atomic E-state index is 12.6. The highest BCUT2D eigenvalue weighted by Gasteiger charge is 2.19. The number of rotatable bonds is 7. The van der Waals surface area contributed by atoms with Crippen molar-refractivity contribution in [1.29, 1.82) is 0 Å². The SMILES string of the molecule is CCCCN(CCO)C(=O)Nc1ccccc1N1CCN(C)CC1. The van der Waals surface area contributed by atoms with Gasteiger partial charge in [0.2, 0.25) is 0 Å². The number of unbranched alkanes of at least 4 members (excludes halogenated alkanes) is 1. The zero-order valence-corrected chi connectivity index (χ0v) is 14.9. The Morgan fingerprint density at radius 1 is 1.21 bits per heavy atom. The Labute approximate surface area is 145 Å². The van der Waals surface area contributed by atoms with Crippen LogP contribution in [-0.2, 0) is 0 Å². The van der Waals surface area contributed by atoms with Crippen molar-refractivity contribution < 1.29 is 9.90 Å². The lowest BCUT2D eigenvalue weighted by Gasteiger charge is -2.35. The van der Waals surface area contributed by atoms with Gasteiger partial charge in [0.1, 0.15) is 0 Å². The number of aliphatic hydroxyl groups is 1. The van der Waals surface area contributed by atoms with Gasteiger partial charge in [0.15, 0.2) is 0 Å². The third-order valence-electron chi connectivity index (χ3n) is 4.43. The van der Waals surface area contributed by atoms with Crippen LogP contribution in [0.25, 0.3) is 0 Å². The number of nitrogens with zero attached hydrogens (tertiary/aromatic N) is 3. The smallest absolute Gasteiger partial charge is 0.321 e. The van der Waals surface area contributed by atoms with Crippen molar-refractivity contribution in [3.05, 3.63) is 24.3 Å². The molecule has 134 valence electrons. The monoisotopic (exact) mass is 334 g/mol. The van der Waals surface area contributed by atoms with Gasteiger partial charge in [0.25, 0.3) is 0 Å². The summed E-state index contributed by atoms with van der Waals surface area (Å²) in [6.45, 7) is 7.07. The molecule has 1 aliphatic rings. The predicted octanol–water partition coefficient (Wildman–Crippen LogP) is 2.06. The summed E-state index contributed by atoms with van der Waals surface area (Å²) in [6.07, 6.45) is 1.96. The lowest BCUT2D eigenvalue weighted by molar-refractivity contribution is 0.187. The first-order valence-electron chi connectivity index (χ1n) is 8.85. The van der Waals surface area contributed by atoms with E-state index in [-0.39, 0.29) is 12.6 Å². The van der Waals surface area contributed by atoms with Crippen LogP contribution >= 0.6 is 0 Å². The van der Waals surface area contributed by atoms with Crippen LogP contribution in [0.2, 0.25) is 0 Å². The summed E-state index contributed by atoms with van der Waals surface area (Å²) in [5, 5.41) is 12.2. The molecule has 0 aliphatic carbocycles. The zero-order chi connectivity index (χ0) is 17.4. The van der Waals surface area contributed by atoms with Gasteiger partial charge in [-0.05, 0) is 25.6 Å². The molecular weight excluding hydrogens is 304 g/mol. The van der Waals surface area contributed by atoms with Gasteiger partial charge >= 0.3 is 6.03 Å². The molecule has 24 heavy (non-hydrogen) atoms. The number of urea groups is 1. The van der Waals surface area contributed by atoms with Gasteiger partial charge in [-0.2, -0.15) is 0 Å². The average molecular weight is 334 g/mol. The number of likely N-dealkylation sites (N-methyl/N-ethyl adjacent to an activating group) is 1. The molecule has 1 heterocycles. The van der Waals surface area contributed by atoms with E-state index in [1.54, 1.807) is 4.90 Å². The first-order chi connectivity index (χ1) is 11.7. The van der Waals surface area contributed by atoms with Gasteiger partial charge < -0.3 is 25.1 Å². The average Bonchev–Trinajstić information content (AvgIpc) is 2.60. The second-order valence-electron chi connectivity index (χ2n) is 6.30. The number of para-hydroxylation sites is 2. The van der Waals surface area contributed by atoms with Crippen molar-refractivity contribution in [1.82, 2.24) is 9.80 Å². The lowest BCUT2D eigenvalue weighted by atomic mass is 10.2. The van der Waals surface area contributed by atoms with Gasteiger partial charge in [0, 0.05) is 39.3 Å². The quantitative estimate of drug-likeness (QED) is 0.801. The number of nitrogens with one attached hydrogen (secondary N) is 1. The molecule has 0 saturated carbocycles. The third-order valence-corrected chi connectivity index (χ3v) is 4.43. The Morgan fingerprint density at radius 2 is 1.92 bits per heavy atom. The molecule has 1 aliphatic heterocycles. The Hall–Kier alpha value is -1.79. The van der Waals surface area contributed by atoms with Crippen LogP contribution in [0.4, 0.5) is 16.2 Å². The van der Waals surface area contributed by atoms with Crippen molar-refractivity contribution in [3.63, 3.8) is 0 Å². The van der Waals surface area contributed by atoms with Gasteiger partial charge in [-0.15, -0.1) is 0 Å². The maximum absolute atomic E-state index is 12.6. The van der Waals surface area contributed by atoms with Crippen LogP contribution in [0.3, 0.4) is 0 Å². The van der Waals surface area contributed by atoms with E-state index in [0.717, 1.165) is 50.4 Å². The highest BCUT2D eigenvalue weighted by atomic mass is 16.3.